The molecule has 0 spiro atoms. The van der Waals surface area contributed by atoms with Gasteiger partial charge in [-0.1, -0.05) is 0 Å². The lowest BCUT2D eigenvalue weighted by molar-refractivity contribution is 0.428. The van der Waals surface area contributed by atoms with Crippen LogP contribution >= 0.6 is 0 Å². The van der Waals surface area contributed by atoms with Crippen molar-refractivity contribution in [3.63, 3.8) is 0 Å². The third-order valence-electron chi connectivity index (χ3n) is 2.14. The fourth-order valence-corrected chi connectivity index (χ4v) is 1.50. The first-order chi connectivity index (χ1) is 5.79. The van der Waals surface area contributed by atoms with Crippen LogP contribution in [0.4, 0.5) is 0 Å². The molecule has 0 aliphatic carbocycles. The average molecular weight is 166 g/mol. The number of aryl methyl sites for hydroxylation is 1. The first-order valence-electron chi connectivity index (χ1n) is 4.07. The molecular weight excluding hydrogens is 156 g/mol. The summed E-state index contributed by atoms with van der Waals surface area (Å²) in [5.74, 6) is 0.546. The molecule has 1 aliphatic heterocycles. The standard InChI is InChI=1S/C8H10N2O2/c11-6-5-9-7-3-1-2-4-10(7)8(6)12/h5,11H,1-4H2. The molecule has 0 saturated carbocycles. The fraction of sp³-hybridized carbons (Fsp3) is 0.500. The minimum atomic E-state index is -0.306. The Kier molecular flexibility index (Phi) is 1.60. The molecule has 4 heteroatoms. The topological polar surface area (TPSA) is 55.1 Å². The van der Waals surface area contributed by atoms with E-state index in [2.05, 4.69) is 4.98 Å². The monoisotopic (exact) mass is 166 g/mol. The van der Waals surface area contributed by atoms with Crippen molar-refractivity contribution in [3.05, 3.63) is 22.4 Å². The van der Waals surface area contributed by atoms with Crippen LogP contribution in [-0.4, -0.2) is 14.7 Å². The van der Waals surface area contributed by atoms with Crippen LogP contribution in [0, 0.1) is 0 Å². The van der Waals surface area contributed by atoms with Gasteiger partial charge in [0.05, 0.1) is 6.20 Å². The summed E-state index contributed by atoms with van der Waals surface area (Å²) in [6.07, 6.45) is 4.16. The molecule has 12 heavy (non-hydrogen) atoms. The maximum absolute atomic E-state index is 11.3. The van der Waals surface area contributed by atoms with Crippen LogP contribution in [0.5, 0.6) is 5.75 Å². The van der Waals surface area contributed by atoms with Crippen LogP contribution in [0.25, 0.3) is 0 Å². The van der Waals surface area contributed by atoms with E-state index in [1.807, 2.05) is 0 Å². The molecule has 2 heterocycles. The number of aromatic nitrogens is 2. The molecule has 1 N–H and O–H groups in total. The highest BCUT2D eigenvalue weighted by Gasteiger charge is 2.12. The van der Waals surface area contributed by atoms with Gasteiger partial charge in [0, 0.05) is 13.0 Å². The van der Waals surface area contributed by atoms with E-state index < -0.39 is 0 Å². The van der Waals surface area contributed by atoms with E-state index in [9.17, 15) is 4.79 Å². The second kappa shape index (κ2) is 2.62. The normalized spacial score (nSPS) is 15.7. The second-order valence-electron chi connectivity index (χ2n) is 2.97. The number of hydrogen-bond acceptors (Lipinski definition) is 3. The summed E-state index contributed by atoms with van der Waals surface area (Å²) in [5.41, 5.74) is -0.306. The lowest BCUT2D eigenvalue weighted by Crippen LogP contribution is -2.27. The van der Waals surface area contributed by atoms with Crippen molar-refractivity contribution < 1.29 is 5.11 Å². The molecular formula is C8H10N2O2. The smallest absolute Gasteiger partial charge is 0.295 e. The summed E-state index contributed by atoms with van der Waals surface area (Å²) < 4.78 is 1.55. The highest BCUT2D eigenvalue weighted by atomic mass is 16.3. The molecule has 1 aromatic heterocycles. The highest BCUT2D eigenvalue weighted by Crippen LogP contribution is 2.10. The summed E-state index contributed by atoms with van der Waals surface area (Å²) in [4.78, 5) is 15.3. The van der Waals surface area contributed by atoms with Crippen LogP contribution in [0.2, 0.25) is 0 Å². The van der Waals surface area contributed by atoms with Crippen molar-refractivity contribution in [1.29, 1.82) is 0 Å². The van der Waals surface area contributed by atoms with E-state index >= 15 is 0 Å². The molecule has 2 rings (SSSR count). The molecule has 1 aliphatic rings. The van der Waals surface area contributed by atoms with Gasteiger partial charge in [-0.3, -0.25) is 9.36 Å². The zero-order valence-electron chi connectivity index (χ0n) is 6.66. The number of fused-ring (bicyclic) bond motifs is 1. The van der Waals surface area contributed by atoms with Crippen LogP contribution in [-0.2, 0) is 13.0 Å². The maximum Gasteiger partial charge on any atom is 0.295 e. The summed E-state index contributed by atoms with van der Waals surface area (Å²) in [5, 5.41) is 9.08. The zero-order valence-corrected chi connectivity index (χ0v) is 6.66. The van der Waals surface area contributed by atoms with Gasteiger partial charge in [0.1, 0.15) is 5.82 Å². The second-order valence-corrected chi connectivity index (χ2v) is 2.97. The Morgan fingerprint density at radius 1 is 1.50 bits per heavy atom. The summed E-state index contributed by atoms with van der Waals surface area (Å²) in [6, 6.07) is 0. The van der Waals surface area contributed by atoms with E-state index in [0.29, 0.717) is 6.54 Å². The SMILES string of the molecule is O=c1c(O)cnc2n1CCCC2. The van der Waals surface area contributed by atoms with Gasteiger partial charge in [-0.15, -0.1) is 0 Å². The van der Waals surface area contributed by atoms with E-state index in [1.165, 1.54) is 6.20 Å². The van der Waals surface area contributed by atoms with Crippen LogP contribution in [0.15, 0.2) is 11.0 Å². The number of hydrogen-bond donors (Lipinski definition) is 1. The Balaban J connectivity index is 2.62. The van der Waals surface area contributed by atoms with E-state index in [-0.39, 0.29) is 11.3 Å². The molecule has 0 unspecified atom stereocenters. The van der Waals surface area contributed by atoms with E-state index in [0.717, 1.165) is 25.1 Å². The zero-order chi connectivity index (χ0) is 8.55. The third kappa shape index (κ3) is 0.995. The molecule has 0 bridgehead atoms. The average Bonchev–Trinajstić information content (AvgIpc) is 2.12. The molecule has 64 valence electrons. The Morgan fingerprint density at radius 3 is 3.17 bits per heavy atom. The molecule has 0 radical (unpaired) electrons. The van der Waals surface area contributed by atoms with Gasteiger partial charge in [-0.25, -0.2) is 4.98 Å². The molecule has 4 nitrogen and oxygen atoms in total. The summed E-state index contributed by atoms with van der Waals surface area (Å²) in [6.45, 7) is 0.690. The minimum absolute atomic E-state index is 0.249. The highest BCUT2D eigenvalue weighted by molar-refractivity contribution is 5.13. The van der Waals surface area contributed by atoms with Crippen molar-refractivity contribution in [2.45, 2.75) is 25.8 Å². The molecule has 0 fully saturated rings. The Bertz CT molecular complexity index is 357. The quantitative estimate of drug-likeness (QED) is 0.602. The first-order valence-corrected chi connectivity index (χ1v) is 4.07. The number of rotatable bonds is 0. The van der Waals surface area contributed by atoms with Gasteiger partial charge in [0.2, 0.25) is 0 Å². The van der Waals surface area contributed by atoms with Crippen molar-refractivity contribution in [2.75, 3.05) is 0 Å². The predicted molar refractivity (Wildman–Crippen MR) is 43.1 cm³/mol. The molecule has 0 amide bonds. The summed E-state index contributed by atoms with van der Waals surface area (Å²) in [7, 11) is 0. The van der Waals surface area contributed by atoms with E-state index in [1.54, 1.807) is 4.57 Å². The predicted octanol–water partition coefficient (Wildman–Crippen LogP) is 0.285. The van der Waals surface area contributed by atoms with Crippen molar-refractivity contribution in [2.24, 2.45) is 0 Å². The van der Waals surface area contributed by atoms with E-state index in [4.69, 9.17) is 5.11 Å². The third-order valence-corrected chi connectivity index (χ3v) is 2.14. The Hall–Kier alpha value is -1.32. The summed E-state index contributed by atoms with van der Waals surface area (Å²) >= 11 is 0. The number of nitrogens with zero attached hydrogens (tertiary/aromatic N) is 2. The fourth-order valence-electron chi connectivity index (χ4n) is 1.50. The van der Waals surface area contributed by atoms with Crippen LogP contribution in [0.1, 0.15) is 18.7 Å². The van der Waals surface area contributed by atoms with Gasteiger partial charge in [-0.05, 0) is 12.8 Å². The van der Waals surface area contributed by atoms with Crippen molar-refractivity contribution in [1.82, 2.24) is 9.55 Å². The minimum Gasteiger partial charge on any atom is -0.502 e. The lowest BCUT2D eigenvalue weighted by atomic mass is 10.1. The van der Waals surface area contributed by atoms with Gasteiger partial charge in [0.25, 0.3) is 5.56 Å². The molecule has 0 aromatic carbocycles. The van der Waals surface area contributed by atoms with Crippen LogP contribution in [0.3, 0.4) is 0 Å². The lowest BCUT2D eigenvalue weighted by Gasteiger charge is -2.16. The maximum atomic E-state index is 11.3. The Morgan fingerprint density at radius 2 is 2.33 bits per heavy atom. The largest absolute Gasteiger partial charge is 0.502 e. The molecule has 0 atom stereocenters. The van der Waals surface area contributed by atoms with Crippen molar-refractivity contribution in [3.8, 4) is 5.75 Å². The number of aromatic hydroxyl groups is 1. The van der Waals surface area contributed by atoms with Crippen LogP contribution < -0.4 is 5.56 Å². The van der Waals surface area contributed by atoms with Gasteiger partial charge in [0.15, 0.2) is 5.75 Å². The van der Waals surface area contributed by atoms with Gasteiger partial charge >= 0.3 is 0 Å². The molecule has 0 saturated heterocycles. The molecule has 1 aromatic rings. The van der Waals surface area contributed by atoms with Crippen molar-refractivity contribution >= 4 is 0 Å². The van der Waals surface area contributed by atoms with Gasteiger partial charge < -0.3 is 5.11 Å². The van der Waals surface area contributed by atoms with Gasteiger partial charge in [-0.2, -0.15) is 0 Å². The first kappa shape index (κ1) is 7.34. The Labute approximate surface area is 69.5 Å².